The van der Waals surface area contributed by atoms with Crippen LogP contribution in [0.2, 0.25) is 5.02 Å². The number of ether oxygens (including phenoxy) is 1. The number of benzene rings is 2. The minimum atomic E-state index is -0.204. The van der Waals surface area contributed by atoms with Gasteiger partial charge in [0.25, 0.3) is 0 Å². The highest BCUT2D eigenvalue weighted by Crippen LogP contribution is 2.27. The third kappa shape index (κ3) is 3.53. The van der Waals surface area contributed by atoms with E-state index < -0.39 is 0 Å². The maximum absolute atomic E-state index is 6.37. The zero-order valence-electron chi connectivity index (χ0n) is 12.1. The van der Waals surface area contributed by atoms with Crippen LogP contribution in [-0.4, -0.2) is 6.10 Å². The van der Waals surface area contributed by atoms with E-state index in [0.29, 0.717) is 5.02 Å². The molecule has 0 aliphatic carbocycles. The topological polar surface area (TPSA) is 35.2 Å². The number of hydrogen-bond donors (Lipinski definition) is 1. The van der Waals surface area contributed by atoms with Crippen LogP contribution < -0.4 is 10.5 Å². The minimum Gasteiger partial charge on any atom is -0.491 e. The molecule has 0 aliphatic heterocycles. The van der Waals surface area contributed by atoms with Crippen molar-refractivity contribution in [3.8, 4) is 5.75 Å². The zero-order valence-corrected chi connectivity index (χ0v) is 12.8. The van der Waals surface area contributed by atoms with Gasteiger partial charge in [-0.25, -0.2) is 0 Å². The maximum atomic E-state index is 6.37. The molecule has 0 radical (unpaired) electrons. The first-order chi connectivity index (χ1) is 9.47. The summed E-state index contributed by atoms with van der Waals surface area (Å²) < 4.78 is 5.71. The lowest BCUT2D eigenvalue weighted by molar-refractivity contribution is 0.242. The van der Waals surface area contributed by atoms with Crippen LogP contribution >= 0.6 is 11.6 Å². The van der Waals surface area contributed by atoms with E-state index in [1.54, 1.807) is 0 Å². The van der Waals surface area contributed by atoms with E-state index in [2.05, 4.69) is 0 Å². The fourth-order valence-electron chi connectivity index (χ4n) is 2.18. The molecule has 0 saturated carbocycles. The molecule has 2 nitrogen and oxygen atoms in total. The highest BCUT2D eigenvalue weighted by Gasteiger charge is 2.13. The van der Waals surface area contributed by atoms with Gasteiger partial charge in [0.15, 0.2) is 0 Å². The Balaban J connectivity index is 2.33. The summed E-state index contributed by atoms with van der Waals surface area (Å²) in [5.41, 5.74) is 9.57. The Hall–Kier alpha value is -1.51. The highest BCUT2D eigenvalue weighted by atomic mass is 35.5. The van der Waals surface area contributed by atoms with Crippen molar-refractivity contribution in [2.24, 2.45) is 5.73 Å². The van der Waals surface area contributed by atoms with Crippen molar-refractivity contribution in [2.45, 2.75) is 32.9 Å². The van der Waals surface area contributed by atoms with Crippen LogP contribution in [-0.2, 0) is 0 Å². The predicted molar refractivity (Wildman–Crippen MR) is 84.4 cm³/mol. The molecule has 0 saturated heterocycles. The van der Waals surface area contributed by atoms with Crippen molar-refractivity contribution in [3.63, 3.8) is 0 Å². The molecule has 0 aromatic heterocycles. The maximum Gasteiger partial charge on any atom is 0.120 e. The van der Waals surface area contributed by atoms with Crippen LogP contribution in [0.4, 0.5) is 0 Å². The molecule has 0 amide bonds. The van der Waals surface area contributed by atoms with Crippen molar-refractivity contribution in [2.75, 3.05) is 0 Å². The van der Waals surface area contributed by atoms with Gasteiger partial charge in [0.05, 0.1) is 12.1 Å². The first kappa shape index (κ1) is 14.9. The number of aryl methyl sites for hydroxylation is 1. The molecule has 0 spiro atoms. The van der Waals surface area contributed by atoms with E-state index >= 15 is 0 Å². The Kier molecular flexibility index (Phi) is 4.69. The lowest BCUT2D eigenvalue weighted by atomic mass is 9.96. The Morgan fingerprint density at radius 3 is 2.55 bits per heavy atom. The second-order valence-corrected chi connectivity index (χ2v) is 5.65. The molecular formula is C17H20ClNO. The Morgan fingerprint density at radius 2 is 1.85 bits per heavy atom. The van der Waals surface area contributed by atoms with E-state index in [4.69, 9.17) is 22.1 Å². The second kappa shape index (κ2) is 6.29. The Bertz CT molecular complexity index is 595. The quantitative estimate of drug-likeness (QED) is 0.900. The summed E-state index contributed by atoms with van der Waals surface area (Å²) in [6, 6.07) is 13.5. The van der Waals surface area contributed by atoms with Crippen LogP contribution in [0, 0.1) is 6.92 Å². The summed E-state index contributed by atoms with van der Waals surface area (Å²) >= 11 is 6.07. The fourth-order valence-corrected chi connectivity index (χ4v) is 2.36. The van der Waals surface area contributed by atoms with Gasteiger partial charge in [0.2, 0.25) is 0 Å². The fraction of sp³-hybridized carbons (Fsp3) is 0.294. The van der Waals surface area contributed by atoms with Gasteiger partial charge in [0, 0.05) is 5.02 Å². The molecule has 1 atom stereocenters. The molecule has 3 heteroatoms. The van der Waals surface area contributed by atoms with Gasteiger partial charge < -0.3 is 10.5 Å². The number of nitrogens with two attached hydrogens (primary N) is 1. The Labute approximate surface area is 125 Å². The molecule has 0 aliphatic rings. The SMILES string of the molecule is Cc1ccc(Cl)cc1C(N)c1cccc(OC(C)C)c1. The molecular weight excluding hydrogens is 270 g/mol. The van der Waals surface area contributed by atoms with Gasteiger partial charge in [0.1, 0.15) is 5.75 Å². The number of halogens is 1. The highest BCUT2D eigenvalue weighted by molar-refractivity contribution is 6.30. The van der Waals surface area contributed by atoms with E-state index in [1.807, 2.05) is 63.2 Å². The Morgan fingerprint density at radius 1 is 1.10 bits per heavy atom. The second-order valence-electron chi connectivity index (χ2n) is 5.22. The smallest absolute Gasteiger partial charge is 0.120 e. The third-order valence-corrected chi connectivity index (χ3v) is 3.40. The van der Waals surface area contributed by atoms with Crippen LogP contribution in [0.25, 0.3) is 0 Å². The molecule has 2 N–H and O–H groups in total. The molecule has 2 rings (SSSR count). The van der Waals surface area contributed by atoms with Crippen molar-refractivity contribution >= 4 is 11.6 Å². The average Bonchev–Trinajstić information content (AvgIpc) is 2.40. The summed E-state index contributed by atoms with van der Waals surface area (Å²) in [6.45, 7) is 6.06. The number of hydrogen-bond acceptors (Lipinski definition) is 2. The van der Waals surface area contributed by atoms with E-state index in [9.17, 15) is 0 Å². The minimum absolute atomic E-state index is 0.148. The lowest BCUT2D eigenvalue weighted by Crippen LogP contribution is -2.14. The van der Waals surface area contributed by atoms with Gasteiger partial charge in [-0.2, -0.15) is 0 Å². The standard InChI is InChI=1S/C17H20ClNO/c1-11(2)20-15-6-4-5-13(9-15)17(19)16-10-14(18)8-7-12(16)3/h4-11,17H,19H2,1-3H3. The van der Waals surface area contributed by atoms with E-state index in [1.165, 1.54) is 0 Å². The van der Waals surface area contributed by atoms with Crippen molar-refractivity contribution < 1.29 is 4.74 Å². The summed E-state index contributed by atoms with van der Waals surface area (Å²) in [5.74, 6) is 0.840. The average molecular weight is 290 g/mol. The van der Waals surface area contributed by atoms with Crippen LogP contribution in [0.15, 0.2) is 42.5 Å². The number of rotatable bonds is 4. The molecule has 20 heavy (non-hydrogen) atoms. The first-order valence-corrected chi connectivity index (χ1v) is 7.13. The van der Waals surface area contributed by atoms with E-state index in [-0.39, 0.29) is 12.1 Å². The van der Waals surface area contributed by atoms with Gasteiger partial charge in [-0.1, -0.05) is 29.8 Å². The molecule has 0 fully saturated rings. The van der Waals surface area contributed by atoms with Gasteiger partial charge in [-0.05, 0) is 61.7 Å². The monoisotopic (exact) mass is 289 g/mol. The van der Waals surface area contributed by atoms with Crippen LogP contribution in [0.5, 0.6) is 5.75 Å². The molecule has 2 aromatic rings. The molecule has 0 heterocycles. The van der Waals surface area contributed by atoms with Gasteiger partial charge in [-0.3, -0.25) is 0 Å². The normalized spacial score (nSPS) is 12.5. The van der Waals surface area contributed by atoms with Crippen molar-refractivity contribution in [1.82, 2.24) is 0 Å². The summed E-state index contributed by atoms with van der Waals surface area (Å²) in [5, 5.41) is 0.704. The van der Waals surface area contributed by atoms with E-state index in [0.717, 1.165) is 22.4 Å². The molecule has 106 valence electrons. The lowest BCUT2D eigenvalue weighted by Gasteiger charge is -2.17. The molecule has 1 unspecified atom stereocenters. The third-order valence-electron chi connectivity index (χ3n) is 3.17. The predicted octanol–water partition coefficient (Wildman–Crippen LogP) is 4.48. The van der Waals surface area contributed by atoms with Crippen LogP contribution in [0.1, 0.15) is 36.6 Å². The molecule has 0 bridgehead atoms. The van der Waals surface area contributed by atoms with Gasteiger partial charge >= 0.3 is 0 Å². The summed E-state index contributed by atoms with van der Waals surface area (Å²) in [4.78, 5) is 0. The summed E-state index contributed by atoms with van der Waals surface area (Å²) in [6.07, 6.45) is 0.148. The molecule has 2 aromatic carbocycles. The first-order valence-electron chi connectivity index (χ1n) is 6.75. The van der Waals surface area contributed by atoms with Crippen molar-refractivity contribution in [1.29, 1.82) is 0 Å². The van der Waals surface area contributed by atoms with Crippen molar-refractivity contribution in [3.05, 3.63) is 64.2 Å². The zero-order chi connectivity index (χ0) is 14.7. The van der Waals surface area contributed by atoms with Gasteiger partial charge in [-0.15, -0.1) is 0 Å². The van der Waals surface area contributed by atoms with Crippen LogP contribution in [0.3, 0.4) is 0 Å². The largest absolute Gasteiger partial charge is 0.491 e. The summed E-state index contributed by atoms with van der Waals surface area (Å²) in [7, 11) is 0.